The first-order valence-electron chi connectivity index (χ1n) is 7.81. The Kier molecular flexibility index (Phi) is 3.62. The minimum atomic E-state index is -0.237. The minimum Gasteiger partial charge on any atom is -0.462 e. The second kappa shape index (κ2) is 5.78. The number of carbonyl (C=O) groups excluding carboxylic acids is 1. The number of esters is 1. The maximum absolute atomic E-state index is 12.7. The van der Waals surface area contributed by atoms with Crippen LogP contribution in [0.5, 0.6) is 0 Å². The van der Waals surface area contributed by atoms with E-state index in [4.69, 9.17) is 4.74 Å². The van der Waals surface area contributed by atoms with Crippen LogP contribution < -0.4 is 0 Å². The van der Waals surface area contributed by atoms with E-state index in [1.165, 1.54) is 4.90 Å². The zero-order valence-corrected chi connectivity index (χ0v) is 13.7. The molecule has 1 aliphatic rings. The van der Waals surface area contributed by atoms with Gasteiger partial charge in [0.15, 0.2) is 0 Å². The third-order valence-corrected chi connectivity index (χ3v) is 5.17. The highest BCUT2D eigenvalue weighted by atomic mass is 32.2. The lowest BCUT2D eigenvalue weighted by Crippen LogP contribution is -2.09. The van der Waals surface area contributed by atoms with Gasteiger partial charge in [0.1, 0.15) is 0 Å². The Labute approximate surface area is 139 Å². The number of thioether (sulfide) groups is 1. The first-order chi connectivity index (χ1) is 11.3. The SMILES string of the molecule is CCOC(=O)c1c(-c2ccccc2)n2c3c(cccc13)SCC2. The number of benzene rings is 2. The summed E-state index contributed by atoms with van der Waals surface area (Å²) >= 11 is 1.85. The van der Waals surface area contributed by atoms with E-state index in [9.17, 15) is 4.79 Å². The third kappa shape index (κ3) is 2.25. The van der Waals surface area contributed by atoms with Crippen molar-refractivity contribution in [3.8, 4) is 11.3 Å². The summed E-state index contributed by atoms with van der Waals surface area (Å²) < 4.78 is 7.64. The average molecular weight is 323 g/mol. The molecule has 0 saturated heterocycles. The molecule has 0 amide bonds. The van der Waals surface area contributed by atoms with Crippen LogP contribution in [0.15, 0.2) is 53.4 Å². The summed E-state index contributed by atoms with van der Waals surface area (Å²) in [5, 5.41) is 0.993. The maximum Gasteiger partial charge on any atom is 0.340 e. The Bertz CT molecular complexity index is 883. The summed E-state index contributed by atoms with van der Waals surface area (Å²) in [6.07, 6.45) is 0. The highest BCUT2D eigenvalue weighted by molar-refractivity contribution is 7.99. The minimum absolute atomic E-state index is 0.237. The average Bonchev–Trinajstić information content (AvgIpc) is 2.93. The van der Waals surface area contributed by atoms with Crippen LogP contribution in [0.2, 0.25) is 0 Å². The summed E-state index contributed by atoms with van der Waals surface area (Å²) in [5.74, 6) is 0.780. The highest BCUT2D eigenvalue weighted by Crippen LogP contribution is 2.41. The summed E-state index contributed by atoms with van der Waals surface area (Å²) in [6, 6.07) is 16.3. The first kappa shape index (κ1) is 14.4. The van der Waals surface area contributed by atoms with Crippen LogP contribution in [0.3, 0.4) is 0 Å². The number of hydrogen-bond acceptors (Lipinski definition) is 3. The molecule has 1 aliphatic heterocycles. The molecule has 23 heavy (non-hydrogen) atoms. The van der Waals surface area contributed by atoms with Crippen LogP contribution in [-0.2, 0) is 11.3 Å². The van der Waals surface area contributed by atoms with Crippen molar-refractivity contribution in [2.45, 2.75) is 18.4 Å². The van der Waals surface area contributed by atoms with Crippen molar-refractivity contribution in [3.63, 3.8) is 0 Å². The van der Waals surface area contributed by atoms with Gasteiger partial charge in [-0.2, -0.15) is 0 Å². The van der Waals surface area contributed by atoms with Gasteiger partial charge in [-0.25, -0.2) is 4.79 Å². The number of rotatable bonds is 3. The van der Waals surface area contributed by atoms with E-state index in [1.54, 1.807) is 0 Å². The van der Waals surface area contributed by atoms with Crippen molar-refractivity contribution in [3.05, 3.63) is 54.1 Å². The molecule has 3 nitrogen and oxygen atoms in total. The number of aromatic nitrogens is 1. The van der Waals surface area contributed by atoms with Gasteiger partial charge in [-0.3, -0.25) is 0 Å². The molecule has 0 fully saturated rings. The predicted molar refractivity (Wildman–Crippen MR) is 94.1 cm³/mol. The van der Waals surface area contributed by atoms with Gasteiger partial charge in [-0.05, 0) is 18.6 Å². The fraction of sp³-hybridized carbons (Fsp3) is 0.211. The molecule has 4 heteroatoms. The fourth-order valence-electron chi connectivity index (χ4n) is 3.27. The largest absolute Gasteiger partial charge is 0.462 e. The molecule has 0 spiro atoms. The van der Waals surface area contributed by atoms with Gasteiger partial charge in [0, 0.05) is 22.6 Å². The van der Waals surface area contributed by atoms with Gasteiger partial charge < -0.3 is 9.30 Å². The van der Waals surface area contributed by atoms with E-state index < -0.39 is 0 Å². The number of para-hydroxylation sites is 1. The normalized spacial score (nSPS) is 13.3. The molecule has 0 saturated carbocycles. The number of hydrogen-bond donors (Lipinski definition) is 0. The molecule has 1 aromatic heterocycles. The second-order valence-electron chi connectivity index (χ2n) is 5.46. The summed E-state index contributed by atoms with van der Waals surface area (Å²) in [7, 11) is 0. The third-order valence-electron chi connectivity index (χ3n) is 4.14. The number of aryl methyl sites for hydroxylation is 1. The predicted octanol–water partition coefficient (Wildman–Crippen LogP) is 4.59. The Morgan fingerprint density at radius 2 is 2.00 bits per heavy atom. The van der Waals surface area contributed by atoms with Gasteiger partial charge in [-0.15, -0.1) is 11.8 Å². The van der Waals surface area contributed by atoms with E-state index in [0.717, 1.165) is 34.5 Å². The topological polar surface area (TPSA) is 31.2 Å². The lowest BCUT2D eigenvalue weighted by molar-refractivity contribution is 0.0529. The van der Waals surface area contributed by atoms with Crippen LogP contribution in [0.25, 0.3) is 22.2 Å². The Morgan fingerprint density at radius 3 is 2.78 bits per heavy atom. The van der Waals surface area contributed by atoms with Crippen molar-refractivity contribution in [2.75, 3.05) is 12.4 Å². The molecule has 3 aromatic rings. The van der Waals surface area contributed by atoms with Gasteiger partial charge in [0.05, 0.1) is 23.4 Å². The quantitative estimate of drug-likeness (QED) is 0.661. The standard InChI is InChI=1S/C19H17NO2S/c1-2-22-19(21)16-14-9-6-10-15-18(14)20(11-12-23-15)17(16)13-7-4-3-5-8-13/h3-10H,2,11-12H2,1H3. The summed E-state index contributed by atoms with van der Waals surface area (Å²) in [6.45, 7) is 3.13. The molecule has 2 heterocycles. The van der Waals surface area contributed by atoms with Crippen molar-refractivity contribution in [1.29, 1.82) is 0 Å². The fourth-order valence-corrected chi connectivity index (χ4v) is 4.30. The van der Waals surface area contributed by atoms with Crippen LogP contribution in [0.1, 0.15) is 17.3 Å². The van der Waals surface area contributed by atoms with E-state index in [1.807, 2.05) is 49.0 Å². The van der Waals surface area contributed by atoms with Gasteiger partial charge >= 0.3 is 5.97 Å². The number of nitrogens with zero attached hydrogens (tertiary/aromatic N) is 1. The monoisotopic (exact) mass is 323 g/mol. The molecular weight excluding hydrogens is 306 g/mol. The van der Waals surface area contributed by atoms with Crippen LogP contribution in [0.4, 0.5) is 0 Å². The smallest absolute Gasteiger partial charge is 0.340 e. The van der Waals surface area contributed by atoms with Crippen molar-refractivity contribution >= 4 is 28.6 Å². The highest BCUT2D eigenvalue weighted by Gasteiger charge is 2.27. The zero-order chi connectivity index (χ0) is 15.8. The molecule has 0 radical (unpaired) electrons. The van der Waals surface area contributed by atoms with Crippen LogP contribution in [0, 0.1) is 0 Å². The van der Waals surface area contributed by atoms with E-state index >= 15 is 0 Å². The van der Waals surface area contributed by atoms with E-state index in [0.29, 0.717) is 12.2 Å². The maximum atomic E-state index is 12.7. The van der Waals surface area contributed by atoms with Gasteiger partial charge in [0.25, 0.3) is 0 Å². The van der Waals surface area contributed by atoms with E-state index in [-0.39, 0.29) is 5.97 Å². The molecule has 0 aliphatic carbocycles. The van der Waals surface area contributed by atoms with Gasteiger partial charge in [-0.1, -0.05) is 42.5 Å². The lowest BCUT2D eigenvalue weighted by atomic mass is 10.1. The van der Waals surface area contributed by atoms with Crippen molar-refractivity contribution < 1.29 is 9.53 Å². The molecule has 0 atom stereocenters. The molecule has 0 N–H and O–H groups in total. The second-order valence-corrected chi connectivity index (χ2v) is 6.60. The van der Waals surface area contributed by atoms with Crippen LogP contribution in [-0.4, -0.2) is 22.9 Å². The molecule has 0 bridgehead atoms. The van der Waals surface area contributed by atoms with Crippen molar-refractivity contribution in [1.82, 2.24) is 4.57 Å². The molecule has 116 valence electrons. The Hall–Kier alpha value is -2.20. The zero-order valence-electron chi connectivity index (χ0n) is 12.9. The summed E-state index contributed by atoms with van der Waals surface area (Å²) in [5.41, 5.74) is 3.89. The number of carbonyl (C=O) groups is 1. The Balaban J connectivity index is 2.09. The lowest BCUT2D eigenvalue weighted by Gasteiger charge is -2.17. The van der Waals surface area contributed by atoms with Crippen molar-refractivity contribution in [2.24, 2.45) is 0 Å². The van der Waals surface area contributed by atoms with Gasteiger partial charge in [0.2, 0.25) is 0 Å². The Morgan fingerprint density at radius 1 is 1.17 bits per heavy atom. The molecule has 2 aromatic carbocycles. The van der Waals surface area contributed by atoms with E-state index in [2.05, 4.69) is 22.8 Å². The molecular formula is C19H17NO2S. The molecule has 0 unspecified atom stereocenters. The summed E-state index contributed by atoms with van der Waals surface area (Å²) in [4.78, 5) is 13.9. The number of ether oxygens (including phenoxy) is 1. The first-order valence-corrected chi connectivity index (χ1v) is 8.80. The van der Waals surface area contributed by atoms with Crippen LogP contribution >= 0.6 is 11.8 Å². The molecule has 4 rings (SSSR count).